The summed E-state index contributed by atoms with van der Waals surface area (Å²) in [6, 6.07) is 15.8. The Labute approximate surface area is 195 Å². The van der Waals surface area contributed by atoms with E-state index in [2.05, 4.69) is 50.3 Å². The second kappa shape index (κ2) is 8.67. The third kappa shape index (κ3) is 4.42. The molecule has 1 saturated carbocycles. The van der Waals surface area contributed by atoms with Crippen molar-refractivity contribution >= 4 is 33.2 Å². The van der Waals surface area contributed by atoms with Crippen molar-refractivity contribution in [2.24, 2.45) is 0 Å². The number of ether oxygens (including phenoxy) is 1. The number of amides is 1. The van der Waals surface area contributed by atoms with Crippen molar-refractivity contribution < 1.29 is 9.53 Å². The molecule has 2 aliphatic rings. The molecule has 166 valence electrons. The number of rotatable bonds is 5. The highest BCUT2D eigenvalue weighted by atomic mass is 79.9. The van der Waals surface area contributed by atoms with Crippen LogP contribution in [0.1, 0.15) is 48.8 Å². The van der Waals surface area contributed by atoms with Crippen LogP contribution in [-0.4, -0.2) is 46.2 Å². The maximum Gasteiger partial charge on any atom is 0.278 e. The molecule has 1 aromatic heterocycles. The molecule has 0 radical (unpaired) electrons. The number of nitrogens with one attached hydrogen (secondary N) is 1. The Morgan fingerprint density at radius 2 is 1.62 bits per heavy atom. The molecule has 7 nitrogen and oxygen atoms in total. The highest BCUT2D eigenvalue weighted by Gasteiger charge is 2.34. The van der Waals surface area contributed by atoms with Gasteiger partial charge in [-0.15, -0.1) is 5.10 Å². The molecule has 5 rings (SSSR count). The number of morpholine rings is 1. The Bertz CT molecular complexity index is 1100. The van der Waals surface area contributed by atoms with Crippen LogP contribution in [0, 0.1) is 0 Å². The monoisotopic (exact) mass is 495 g/mol. The Morgan fingerprint density at radius 1 is 1.00 bits per heavy atom. The van der Waals surface area contributed by atoms with Crippen molar-refractivity contribution in [1.82, 2.24) is 15.0 Å². The zero-order valence-electron chi connectivity index (χ0n) is 18.2. The van der Waals surface area contributed by atoms with Gasteiger partial charge < -0.3 is 15.0 Å². The minimum atomic E-state index is -0.225. The number of nitrogens with zero attached hydrogens (tertiary/aromatic N) is 4. The van der Waals surface area contributed by atoms with Crippen LogP contribution < -0.4 is 10.2 Å². The Morgan fingerprint density at radius 3 is 2.25 bits per heavy atom. The molecule has 0 spiro atoms. The summed E-state index contributed by atoms with van der Waals surface area (Å²) in [6.45, 7) is 5.91. The lowest BCUT2D eigenvalue weighted by Crippen LogP contribution is -2.45. The lowest BCUT2D eigenvalue weighted by atomic mass is 10.1. The number of carbonyl (C=O) groups is 1. The summed E-state index contributed by atoms with van der Waals surface area (Å²) >= 11 is 3.46. The van der Waals surface area contributed by atoms with Crippen molar-refractivity contribution in [3.8, 4) is 5.69 Å². The number of benzene rings is 2. The molecule has 8 heteroatoms. The predicted molar refractivity (Wildman–Crippen MR) is 128 cm³/mol. The van der Waals surface area contributed by atoms with Crippen molar-refractivity contribution in [2.45, 2.75) is 44.8 Å². The van der Waals surface area contributed by atoms with Gasteiger partial charge in [0, 0.05) is 34.9 Å². The van der Waals surface area contributed by atoms with E-state index in [0.29, 0.717) is 11.6 Å². The first-order valence-corrected chi connectivity index (χ1v) is 11.8. The molecule has 1 aliphatic heterocycles. The first-order chi connectivity index (χ1) is 15.5. The Kier molecular flexibility index (Phi) is 5.73. The number of carbonyl (C=O) groups excluding carboxylic acids is 1. The predicted octanol–water partition coefficient (Wildman–Crippen LogP) is 4.77. The summed E-state index contributed by atoms with van der Waals surface area (Å²) in [5.74, 6) is 0.0960. The largest absolute Gasteiger partial charge is 0.372 e. The number of hydrogen-bond donors (Lipinski definition) is 1. The van der Waals surface area contributed by atoms with Gasteiger partial charge in [-0.1, -0.05) is 21.1 Å². The molecule has 1 aliphatic carbocycles. The van der Waals surface area contributed by atoms with Gasteiger partial charge in [-0.3, -0.25) is 4.79 Å². The van der Waals surface area contributed by atoms with E-state index in [9.17, 15) is 4.79 Å². The molecule has 0 bridgehead atoms. The van der Waals surface area contributed by atoms with Gasteiger partial charge in [0.05, 0.1) is 23.6 Å². The van der Waals surface area contributed by atoms with Crippen molar-refractivity contribution in [2.75, 3.05) is 23.3 Å². The molecule has 1 N–H and O–H groups in total. The van der Waals surface area contributed by atoms with E-state index in [0.717, 1.165) is 53.2 Å². The van der Waals surface area contributed by atoms with Gasteiger partial charge >= 0.3 is 0 Å². The molecule has 2 fully saturated rings. The van der Waals surface area contributed by atoms with Gasteiger partial charge in [0.2, 0.25) is 0 Å². The van der Waals surface area contributed by atoms with Gasteiger partial charge in [0.25, 0.3) is 5.91 Å². The summed E-state index contributed by atoms with van der Waals surface area (Å²) in [6.07, 6.45) is 2.50. The minimum absolute atomic E-state index is 0.201. The van der Waals surface area contributed by atoms with E-state index in [1.54, 1.807) is 4.68 Å². The zero-order chi connectivity index (χ0) is 22.2. The molecule has 2 atom stereocenters. The minimum Gasteiger partial charge on any atom is -0.372 e. The Balaban J connectivity index is 1.34. The summed E-state index contributed by atoms with van der Waals surface area (Å²) in [4.78, 5) is 15.4. The molecule has 1 amide bonds. The summed E-state index contributed by atoms with van der Waals surface area (Å²) < 4.78 is 8.61. The first-order valence-electron chi connectivity index (χ1n) is 11.0. The number of halogens is 1. The van der Waals surface area contributed by atoms with Gasteiger partial charge in [-0.25, -0.2) is 4.68 Å². The third-order valence-electron chi connectivity index (χ3n) is 5.87. The van der Waals surface area contributed by atoms with E-state index >= 15 is 0 Å². The highest BCUT2D eigenvalue weighted by Crippen LogP contribution is 2.42. The fraction of sp³-hybridized carbons (Fsp3) is 0.375. The average molecular weight is 496 g/mol. The number of aromatic nitrogens is 3. The SMILES string of the molecule is CC1CN(c2ccc(NC(=O)c3nnn(-c4ccc(Br)cc4)c3C3CC3)cc2)CC(C)O1. The van der Waals surface area contributed by atoms with Crippen LogP contribution >= 0.6 is 15.9 Å². The smallest absolute Gasteiger partial charge is 0.278 e. The van der Waals surface area contributed by atoms with Gasteiger partial charge in [-0.05, 0) is 75.2 Å². The second-order valence-electron chi connectivity index (χ2n) is 8.65. The molecule has 2 aromatic carbocycles. The summed E-state index contributed by atoms with van der Waals surface area (Å²) in [7, 11) is 0. The van der Waals surface area contributed by atoms with E-state index in [1.165, 1.54) is 0 Å². The Hall–Kier alpha value is -2.71. The fourth-order valence-corrected chi connectivity index (χ4v) is 4.55. The fourth-order valence-electron chi connectivity index (χ4n) is 4.28. The normalized spacial score (nSPS) is 20.9. The van der Waals surface area contributed by atoms with E-state index in [4.69, 9.17) is 4.74 Å². The molecule has 2 unspecified atom stereocenters. The summed E-state index contributed by atoms with van der Waals surface area (Å²) in [5.41, 5.74) is 4.06. The average Bonchev–Trinajstić information content (AvgIpc) is 3.52. The molecule has 2 heterocycles. The van der Waals surface area contributed by atoms with Gasteiger partial charge in [-0.2, -0.15) is 0 Å². The molecule has 32 heavy (non-hydrogen) atoms. The second-order valence-corrected chi connectivity index (χ2v) is 9.56. The van der Waals surface area contributed by atoms with Crippen LogP contribution in [0.25, 0.3) is 5.69 Å². The molecular formula is C24H26BrN5O2. The van der Waals surface area contributed by atoms with Crippen LogP contribution in [0.5, 0.6) is 0 Å². The molecule has 3 aromatic rings. The number of hydrogen-bond acceptors (Lipinski definition) is 5. The van der Waals surface area contributed by atoms with Gasteiger partial charge in [0.1, 0.15) is 0 Å². The van der Waals surface area contributed by atoms with E-state index in [-0.39, 0.29) is 18.1 Å². The molecular weight excluding hydrogens is 470 g/mol. The van der Waals surface area contributed by atoms with Crippen molar-refractivity contribution in [1.29, 1.82) is 0 Å². The molecule has 1 saturated heterocycles. The summed E-state index contributed by atoms with van der Waals surface area (Å²) in [5, 5.41) is 11.5. The topological polar surface area (TPSA) is 72.3 Å². The van der Waals surface area contributed by atoms with E-state index in [1.807, 2.05) is 48.5 Å². The lowest BCUT2D eigenvalue weighted by molar-refractivity contribution is -0.00521. The van der Waals surface area contributed by atoms with Crippen LogP contribution in [0.2, 0.25) is 0 Å². The van der Waals surface area contributed by atoms with Crippen molar-refractivity contribution in [3.05, 3.63) is 64.4 Å². The van der Waals surface area contributed by atoms with Gasteiger partial charge in [0.15, 0.2) is 5.69 Å². The van der Waals surface area contributed by atoms with Crippen LogP contribution in [0.3, 0.4) is 0 Å². The van der Waals surface area contributed by atoms with E-state index < -0.39 is 0 Å². The van der Waals surface area contributed by atoms with Crippen LogP contribution in [0.4, 0.5) is 11.4 Å². The third-order valence-corrected chi connectivity index (χ3v) is 6.39. The lowest BCUT2D eigenvalue weighted by Gasteiger charge is -2.36. The van der Waals surface area contributed by atoms with Crippen molar-refractivity contribution in [3.63, 3.8) is 0 Å². The standard InChI is InChI=1S/C24H26BrN5O2/c1-15-13-29(14-16(2)32-15)20-11-7-19(8-12-20)26-24(31)22-23(17-3-4-17)30(28-27-22)21-9-5-18(25)6-10-21/h5-12,15-17H,3-4,13-14H2,1-2H3,(H,26,31). The van der Waals surface area contributed by atoms with Crippen LogP contribution in [-0.2, 0) is 4.74 Å². The van der Waals surface area contributed by atoms with Crippen LogP contribution in [0.15, 0.2) is 53.0 Å². The maximum atomic E-state index is 13.1. The first kappa shape index (κ1) is 21.2. The quantitative estimate of drug-likeness (QED) is 0.551. The maximum absolute atomic E-state index is 13.1. The number of anilines is 2. The highest BCUT2D eigenvalue weighted by molar-refractivity contribution is 9.10. The zero-order valence-corrected chi connectivity index (χ0v) is 19.7.